The lowest BCUT2D eigenvalue weighted by molar-refractivity contribution is -0.131. The Hall–Kier alpha value is -2.84. The van der Waals surface area contributed by atoms with Gasteiger partial charge in [0.15, 0.2) is 0 Å². The van der Waals surface area contributed by atoms with Crippen molar-refractivity contribution in [3.05, 3.63) is 69.9 Å². The molecule has 0 aliphatic heterocycles. The first-order valence-electron chi connectivity index (χ1n) is 9.23. The van der Waals surface area contributed by atoms with E-state index in [0.29, 0.717) is 6.42 Å². The molecule has 29 heavy (non-hydrogen) atoms. The molecule has 0 aliphatic carbocycles. The van der Waals surface area contributed by atoms with Gasteiger partial charge in [-0.05, 0) is 43.0 Å². The van der Waals surface area contributed by atoms with Crippen molar-refractivity contribution in [3.63, 3.8) is 0 Å². The highest BCUT2D eigenvalue weighted by atomic mass is 32.1. The Morgan fingerprint density at radius 1 is 1.24 bits per heavy atom. The smallest absolute Gasteiger partial charge is 0.228 e. The molecule has 0 unspecified atom stereocenters. The number of rotatable bonds is 6. The van der Waals surface area contributed by atoms with E-state index < -0.39 is 0 Å². The Labute approximate surface area is 177 Å². The van der Waals surface area contributed by atoms with Gasteiger partial charge in [-0.1, -0.05) is 18.2 Å². The van der Waals surface area contributed by atoms with Crippen LogP contribution in [0.15, 0.2) is 54.4 Å². The fraction of sp³-hybridized carbons (Fsp3) is 0.238. The monoisotopic (exact) mass is 423 g/mol. The summed E-state index contributed by atoms with van der Waals surface area (Å²) in [4.78, 5) is 25.6. The zero-order chi connectivity index (χ0) is 20.4. The lowest BCUT2D eigenvalue weighted by Crippen LogP contribution is -2.30. The molecule has 0 aliphatic rings. The van der Waals surface area contributed by atoms with Gasteiger partial charge in [0.25, 0.3) is 0 Å². The Balaban J connectivity index is 1.48. The van der Waals surface area contributed by atoms with Crippen molar-refractivity contribution in [1.82, 2.24) is 24.6 Å². The Morgan fingerprint density at radius 3 is 2.69 bits per heavy atom. The van der Waals surface area contributed by atoms with Crippen LogP contribution in [0.4, 0.5) is 0 Å². The number of likely N-dealkylation sites (N-methyl/N-ethyl adjacent to an activating group) is 1. The number of carbonyl (C=O) groups excluding carboxylic acids is 1. The fourth-order valence-electron chi connectivity index (χ4n) is 3.14. The molecule has 0 N–H and O–H groups in total. The van der Waals surface area contributed by atoms with Gasteiger partial charge in [-0.15, -0.1) is 22.7 Å². The summed E-state index contributed by atoms with van der Waals surface area (Å²) in [5.74, 6) is 0.0827. The number of benzene rings is 1. The predicted octanol–water partition coefficient (Wildman–Crippen LogP) is 4.52. The maximum Gasteiger partial charge on any atom is 0.228 e. The molecule has 0 bridgehead atoms. The molecule has 3 heterocycles. The third-order valence-electron chi connectivity index (χ3n) is 4.90. The van der Waals surface area contributed by atoms with Crippen molar-refractivity contribution in [2.75, 3.05) is 7.05 Å². The quantitative estimate of drug-likeness (QED) is 0.457. The lowest BCUT2D eigenvalue weighted by Gasteiger charge is -2.25. The summed E-state index contributed by atoms with van der Waals surface area (Å²) in [7, 11) is 1.86. The summed E-state index contributed by atoms with van der Waals surface area (Å²) < 4.78 is 1.71. The summed E-state index contributed by atoms with van der Waals surface area (Å²) in [5.41, 5.74) is 2.95. The third-order valence-corrected chi connectivity index (χ3v) is 6.75. The number of thiazole rings is 1. The van der Waals surface area contributed by atoms with Crippen LogP contribution < -0.4 is 0 Å². The molecule has 0 fully saturated rings. The predicted molar refractivity (Wildman–Crippen MR) is 116 cm³/mol. The molecule has 8 heteroatoms. The van der Waals surface area contributed by atoms with Crippen molar-refractivity contribution in [2.45, 2.75) is 26.3 Å². The maximum atomic E-state index is 13.0. The van der Waals surface area contributed by atoms with Gasteiger partial charge in [-0.2, -0.15) is 5.10 Å². The van der Waals surface area contributed by atoms with Gasteiger partial charge in [0.2, 0.25) is 5.91 Å². The molecular weight excluding hydrogens is 402 g/mol. The van der Waals surface area contributed by atoms with E-state index in [1.165, 1.54) is 6.33 Å². The van der Waals surface area contributed by atoms with Crippen molar-refractivity contribution >= 4 is 28.6 Å². The fourth-order valence-corrected chi connectivity index (χ4v) is 4.89. The summed E-state index contributed by atoms with van der Waals surface area (Å²) in [5, 5.41) is 7.16. The lowest BCUT2D eigenvalue weighted by atomic mass is 10.1. The van der Waals surface area contributed by atoms with Crippen LogP contribution in [0.2, 0.25) is 0 Å². The first kappa shape index (κ1) is 19.5. The second-order valence-electron chi connectivity index (χ2n) is 6.77. The van der Waals surface area contributed by atoms with Crippen LogP contribution in [0, 0.1) is 6.92 Å². The highest BCUT2D eigenvalue weighted by Gasteiger charge is 2.21. The van der Waals surface area contributed by atoms with Gasteiger partial charge in [0, 0.05) is 11.9 Å². The summed E-state index contributed by atoms with van der Waals surface area (Å²) >= 11 is 3.25. The van der Waals surface area contributed by atoms with E-state index in [9.17, 15) is 4.79 Å². The molecule has 4 rings (SSSR count). The van der Waals surface area contributed by atoms with Crippen LogP contribution in [0.1, 0.15) is 28.4 Å². The third kappa shape index (κ3) is 4.13. The topological polar surface area (TPSA) is 63.9 Å². The molecule has 1 atom stereocenters. The number of nitrogens with zero attached hydrogens (tertiary/aromatic N) is 5. The van der Waals surface area contributed by atoms with Crippen molar-refractivity contribution in [2.24, 2.45) is 0 Å². The van der Waals surface area contributed by atoms with Gasteiger partial charge in [-0.3, -0.25) is 4.79 Å². The Kier molecular flexibility index (Phi) is 5.55. The Morgan fingerprint density at radius 2 is 2.03 bits per heavy atom. The molecule has 148 valence electrons. The second kappa shape index (κ2) is 8.26. The largest absolute Gasteiger partial charge is 0.339 e. The molecule has 3 aromatic heterocycles. The van der Waals surface area contributed by atoms with Crippen molar-refractivity contribution < 1.29 is 4.79 Å². The first-order valence-corrected chi connectivity index (χ1v) is 10.9. The molecule has 0 saturated carbocycles. The van der Waals surface area contributed by atoms with E-state index >= 15 is 0 Å². The second-order valence-corrected chi connectivity index (χ2v) is 9.01. The van der Waals surface area contributed by atoms with Gasteiger partial charge in [-0.25, -0.2) is 14.6 Å². The number of hydrogen-bond acceptors (Lipinski definition) is 6. The van der Waals surface area contributed by atoms with Gasteiger partial charge in [0.05, 0.1) is 33.7 Å². The number of carbonyl (C=O) groups is 1. The van der Waals surface area contributed by atoms with Crippen LogP contribution in [0.25, 0.3) is 16.3 Å². The maximum absolute atomic E-state index is 13.0. The number of hydrogen-bond donors (Lipinski definition) is 0. The zero-order valence-corrected chi connectivity index (χ0v) is 18.1. The van der Waals surface area contributed by atoms with E-state index in [1.54, 1.807) is 38.6 Å². The molecule has 4 aromatic rings. The van der Waals surface area contributed by atoms with E-state index in [1.807, 2.05) is 56.6 Å². The van der Waals surface area contributed by atoms with Gasteiger partial charge < -0.3 is 4.90 Å². The highest BCUT2D eigenvalue weighted by molar-refractivity contribution is 7.15. The molecule has 6 nitrogen and oxygen atoms in total. The van der Waals surface area contributed by atoms with E-state index in [4.69, 9.17) is 0 Å². The molecule has 0 spiro atoms. The van der Waals surface area contributed by atoms with Crippen LogP contribution in [-0.4, -0.2) is 37.6 Å². The minimum absolute atomic E-state index is 0.0356. The minimum Gasteiger partial charge on any atom is -0.339 e. The first-order chi connectivity index (χ1) is 14.0. The summed E-state index contributed by atoms with van der Waals surface area (Å²) in [6, 6.07) is 12.1. The SMILES string of the molecule is Cc1nc(-c2cccs2)c(CC(=O)N(C)[C@H](C)c2ccc(-n3cncn3)cc2)s1. The van der Waals surface area contributed by atoms with Crippen LogP contribution in [-0.2, 0) is 11.2 Å². The average molecular weight is 424 g/mol. The highest BCUT2D eigenvalue weighted by Crippen LogP contribution is 2.32. The van der Waals surface area contributed by atoms with Crippen LogP contribution in [0.3, 0.4) is 0 Å². The number of thiophene rings is 1. The summed E-state index contributed by atoms with van der Waals surface area (Å²) in [6.45, 7) is 4.03. The van der Waals surface area contributed by atoms with Crippen LogP contribution in [0.5, 0.6) is 0 Å². The number of amides is 1. The average Bonchev–Trinajstić information content (AvgIpc) is 3.49. The molecule has 0 radical (unpaired) electrons. The van der Waals surface area contributed by atoms with E-state index in [2.05, 4.69) is 21.1 Å². The van der Waals surface area contributed by atoms with Gasteiger partial charge in [0.1, 0.15) is 12.7 Å². The van der Waals surface area contributed by atoms with E-state index in [-0.39, 0.29) is 11.9 Å². The van der Waals surface area contributed by atoms with Crippen LogP contribution >= 0.6 is 22.7 Å². The van der Waals surface area contributed by atoms with E-state index in [0.717, 1.165) is 31.7 Å². The minimum atomic E-state index is -0.0356. The molecule has 1 amide bonds. The zero-order valence-electron chi connectivity index (χ0n) is 16.4. The number of aryl methyl sites for hydroxylation is 1. The number of aromatic nitrogens is 4. The molecular formula is C21H21N5OS2. The summed E-state index contributed by atoms with van der Waals surface area (Å²) in [6.07, 6.45) is 3.53. The van der Waals surface area contributed by atoms with Crippen molar-refractivity contribution in [3.8, 4) is 16.3 Å². The van der Waals surface area contributed by atoms with Crippen molar-refractivity contribution in [1.29, 1.82) is 0 Å². The Bertz CT molecular complexity index is 1090. The standard InChI is InChI=1S/C21H21N5OS2/c1-14(16-6-8-17(9-7-16)26-13-22-12-23-26)25(3)20(27)11-19-21(24-15(2)29-19)18-5-4-10-28-18/h4-10,12-14H,11H2,1-3H3/t14-/m1/s1. The normalized spacial score (nSPS) is 12.1. The van der Waals surface area contributed by atoms with Gasteiger partial charge >= 0.3 is 0 Å². The molecule has 0 saturated heterocycles. The molecule has 1 aromatic carbocycles.